The molecule has 1 spiro atoms. The Bertz CT molecular complexity index is 160. The zero-order valence-electron chi connectivity index (χ0n) is 8.47. The van der Waals surface area contributed by atoms with E-state index in [-0.39, 0.29) is 0 Å². The number of hydrogen-bond donors (Lipinski definition) is 0. The molecule has 2 fully saturated rings. The average Bonchev–Trinajstić information content (AvgIpc) is 2.07. The van der Waals surface area contributed by atoms with Crippen LogP contribution in [0.15, 0.2) is 0 Å². The van der Waals surface area contributed by atoms with E-state index in [1.807, 2.05) is 0 Å². The molecule has 1 heteroatoms. The van der Waals surface area contributed by atoms with Crippen molar-refractivity contribution in [1.29, 1.82) is 0 Å². The minimum absolute atomic E-state index is 0.796. The van der Waals surface area contributed by atoms with Crippen molar-refractivity contribution < 1.29 is 0 Å². The molecule has 0 aromatic rings. The normalized spacial score (nSPS) is 36.0. The number of hydrogen-bond acceptors (Lipinski definition) is 1. The quantitative estimate of drug-likeness (QED) is 0.536. The van der Waals surface area contributed by atoms with Gasteiger partial charge >= 0.3 is 0 Å². The smallest absolute Gasteiger partial charge is 0.000418 e. The van der Waals surface area contributed by atoms with E-state index in [0.717, 1.165) is 11.3 Å². The lowest BCUT2D eigenvalue weighted by atomic mass is 9.63. The fourth-order valence-electron chi connectivity index (χ4n) is 3.09. The highest BCUT2D eigenvalue weighted by atomic mass is 15.1. The SMILES string of the molecule is C[C@@H]1CN(C)CCC2(CCC2)C1. The van der Waals surface area contributed by atoms with E-state index in [2.05, 4.69) is 18.9 Å². The standard InChI is InChI=1S/C11H21N/c1-10-8-11(4-3-5-11)6-7-12(2)9-10/h10H,3-9H2,1-2H3/t10-/m0/s1. The van der Waals surface area contributed by atoms with Gasteiger partial charge in [-0.05, 0) is 50.6 Å². The van der Waals surface area contributed by atoms with Gasteiger partial charge in [0.25, 0.3) is 0 Å². The lowest BCUT2D eigenvalue weighted by Crippen LogP contribution is -2.31. The Hall–Kier alpha value is -0.0400. The lowest BCUT2D eigenvalue weighted by Gasteiger charge is -2.42. The van der Waals surface area contributed by atoms with Gasteiger partial charge in [0.15, 0.2) is 0 Å². The van der Waals surface area contributed by atoms with Gasteiger partial charge in [0, 0.05) is 6.54 Å². The molecule has 1 aliphatic carbocycles. The molecule has 0 radical (unpaired) electrons. The molecule has 0 aromatic heterocycles. The number of nitrogens with zero attached hydrogens (tertiary/aromatic N) is 1. The minimum Gasteiger partial charge on any atom is -0.306 e. The lowest BCUT2D eigenvalue weighted by molar-refractivity contribution is 0.0982. The highest BCUT2D eigenvalue weighted by Crippen LogP contribution is 2.49. The van der Waals surface area contributed by atoms with Gasteiger partial charge in [-0.1, -0.05) is 13.3 Å². The van der Waals surface area contributed by atoms with Crippen LogP contribution in [0, 0.1) is 11.3 Å². The third-order valence-electron chi connectivity index (χ3n) is 3.84. The second-order valence-corrected chi connectivity index (χ2v) is 5.18. The summed E-state index contributed by atoms with van der Waals surface area (Å²) in [4.78, 5) is 2.51. The van der Waals surface area contributed by atoms with Crippen LogP contribution in [0.25, 0.3) is 0 Å². The third kappa shape index (κ3) is 1.52. The Balaban J connectivity index is 1.99. The maximum atomic E-state index is 2.51. The van der Waals surface area contributed by atoms with Gasteiger partial charge < -0.3 is 4.90 Å². The number of rotatable bonds is 0. The van der Waals surface area contributed by atoms with Crippen molar-refractivity contribution in [1.82, 2.24) is 4.90 Å². The van der Waals surface area contributed by atoms with Gasteiger partial charge in [-0.3, -0.25) is 0 Å². The van der Waals surface area contributed by atoms with Crippen molar-refractivity contribution >= 4 is 0 Å². The first-order chi connectivity index (χ1) is 5.70. The van der Waals surface area contributed by atoms with Gasteiger partial charge in [-0.2, -0.15) is 0 Å². The molecular weight excluding hydrogens is 146 g/mol. The van der Waals surface area contributed by atoms with E-state index >= 15 is 0 Å². The van der Waals surface area contributed by atoms with Gasteiger partial charge in [-0.15, -0.1) is 0 Å². The Morgan fingerprint density at radius 3 is 2.58 bits per heavy atom. The molecule has 1 saturated heterocycles. The molecule has 1 nitrogen and oxygen atoms in total. The first kappa shape index (κ1) is 8.55. The summed E-state index contributed by atoms with van der Waals surface area (Å²) in [6, 6.07) is 0. The molecule has 1 atom stereocenters. The van der Waals surface area contributed by atoms with Crippen LogP contribution in [0.3, 0.4) is 0 Å². The van der Waals surface area contributed by atoms with Crippen LogP contribution in [-0.4, -0.2) is 25.0 Å². The molecule has 12 heavy (non-hydrogen) atoms. The molecule has 1 heterocycles. The summed E-state index contributed by atoms with van der Waals surface area (Å²) in [6.07, 6.45) is 7.50. The van der Waals surface area contributed by atoms with Crippen LogP contribution >= 0.6 is 0 Å². The first-order valence-corrected chi connectivity index (χ1v) is 5.39. The van der Waals surface area contributed by atoms with Crippen LogP contribution < -0.4 is 0 Å². The molecule has 0 N–H and O–H groups in total. The predicted molar refractivity (Wildman–Crippen MR) is 52.2 cm³/mol. The van der Waals surface area contributed by atoms with E-state index in [4.69, 9.17) is 0 Å². The van der Waals surface area contributed by atoms with Crippen molar-refractivity contribution in [3.8, 4) is 0 Å². The molecular formula is C11H21N. The van der Waals surface area contributed by atoms with Crippen LogP contribution in [0.2, 0.25) is 0 Å². The molecule has 0 amide bonds. The zero-order chi connectivity index (χ0) is 8.60. The van der Waals surface area contributed by atoms with E-state index in [1.54, 1.807) is 0 Å². The fourth-order valence-corrected chi connectivity index (χ4v) is 3.09. The third-order valence-corrected chi connectivity index (χ3v) is 3.84. The van der Waals surface area contributed by atoms with Crippen LogP contribution in [0.4, 0.5) is 0 Å². The Morgan fingerprint density at radius 1 is 1.25 bits per heavy atom. The van der Waals surface area contributed by atoms with E-state index in [0.29, 0.717) is 0 Å². The summed E-state index contributed by atoms with van der Waals surface area (Å²) < 4.78 is 0. The van der Waals surface area contributed by atoms with Crippen molar-refractivity contribution in [3.63, 3.8) is 0 Å². The van der Waals surface area contributed by atoms with Gasteiger partial charge in [-0.25, -0.2) is 0 Å². The van der Waals surface area contributed by atoms with E-state index in [1.165, 1.54) is 45.2 Å². The summed E-state index contributed by atoms with van der Waals surface area (Å²) in [5, 5.41) is 0. The second-order valence-electron chi connectivity index (χ2n) is 5.18. The van der Waals surface area contributed by atoms with Gasteiger partial charge in [0.2, 0.25) is 0 Å². The minimum atomic E-state index is 0.796. The zero-order valence-corrected chi connectivity index (χ0v) is 8.47. The molecule has 2 rings (SSSR count). The summed E-state index contributed by atoms with van der Waals surface area (Å²) in [5.74, 6) is 0.929. The molecule has 0 unspecified atom stereocenters. The molecule has 1 aliphatic heterocycles. The van der Waals surface area contributed by atoms with Crippen LogP contribution in [0.1, 0.15) is 39.0 Å². The summed E-state index contributed by atoms with van der Waals surface area (Å²) in [5.41, 5.74) is 0.796. The summed E-state index contributed by atoms with van der Waals surface area (Å²) in [7, 11) is 2.27. The molecule has 70 valence electrons. The van der Waals surface area contributed by atoms with E-state index in [9.17, 15) is 0 Å². The molecule has 1 saturated carbocycles. The Labute approximate surface area is 76.1 Å². The molecule has 2 aliphatic rings. The molecule has 0 bridgehead atoms. The van der Waals surface area contributed by atoms with Gasteiger partial charge in [0.1, 0.15) is 0 Å². The van der Waals surface area contributed by atoms with Gasteiger partial charge in [0.05, 0.1) is 0 Å². The maximum absolute atomic E-state index is 2.51. The van der Waals surface area contributed by atoms with Crippen molar-refractivity contribution in [2.24, 2.45) is 11.3 Å². The van der Waals surface area contributed by atoms with Crippen molar-refractivity contribution in [2.45, 2.75) is 39.0 Å². The maximum Gasteiger partial charge on any atom is 0.000418 e. The summed E-state index contributed by atoms with van der Waals surface area (Å²) >= 11 is 0. The van der Waals surface area contributed by atoms with Crippen molar-refractivity contribution in [3.05, 3.63) is 0 Å². The first-order valence-electron chi connectivity index (χ1n) is 5.39. The average molecular weight is 167 g/mol. The highest BCUT2D eigenvalue weighted by molar-refractivity contribution is 4.91. The fraction of sp³-hybridized carbons (Fsp3) is 1.00. The van der Waals surface area contributed by atoms with Crippen LogP contribution in [-0.2, 0) is 0 Å². The predicted octanol–water partition coefficient (Wildman–Crippen LogP) is 2.52. The molecule has 0 aromatic carbocycles. The largest absolute Gasteiger partial charge is 0.306 e. The topological polar surface area (TPSA) is 3.24 Å². The van der Waals surface area contributed by atoms with Crippen LogP contribution in [0.5, 0.6) is 0 Å². The Kier molecular flexibility index (Phi) is 2.16. The van der Waals surface area contributed by atoms with Crippen molar-refractivity contribution in [2.75, 3.05) is 20.1 Å². The monoisotopic (exact) mass is 167 g/mol. The Morgan fingerprint density at radius 2 is 2.00 bits per heavy atom. The second kappa shape index (κ2) is 3.02. The van der Waals surface area contributed by atoms with E-state index < -0.39 is 0 Å². The summed E-state index contributed by atoms with van der Waals surface area (Å²) in [6.45, 7) is 5.08. The number of likely N-dealkylation sites (tertiary alicyclic amines) is 1. The highest BCUT2D eigenvalue weighted by Gasteiger charge is 2.39.